The van der Waals surface area contributed by atoms with E-state index >= 15 is 0 Å². The second-order valence-electron chi connectivity index (χ2n) is 2.07. The molecule has 0 fully saturated rings. The van der Waals surface area contributed by atoms with Crippen LogP contribution in [0.4, 0.5) is 0 Å². The van der Waals surface area contributed by atoms with Crippen LogP contribution in [0.3, 0.4) is 0 Å². The molecular weight excluding hydrogens is 327 g/mol. The van der Waals surface area contributed by atoms with Crippen LogP contribution in [0.1, 0.15) is 11.1 Å². The van der Waals surface area contributed by atoms with Crippen molar-refractivity contribution in [2.45, 2.75) is 0 Å². The number of hydrogen-bond acceptors (Lipinski definition) is 0. The van der Waals surface area contributed by atoms with Crippen LogP contribution in [0.5, 0.6) is 0 Å². The zero-order valence-corrected chi connectivity index (χ0v) is 12.1. The van der Waals surface area contributed by atoms with Crippen molar-refractivity contribution in [1.82, 2.24) is 0 Å². The van der Waals surface area contributed by atoms with E-state index in [0.29, 0.717) is 0 Å². The summed E-state index contributed by atoms with van der Waals surface area (Å²) in [6, 6.07) is 8.07. The fourth-order valence-corrected chi connectivity index (χ4v) is 0.768. The van der Waals surface area contributed by atoms with E-state index < -0.39 is 0 Å². The fraction of sp³-hybridized carbons (Fsp3) is 0. The van der Waals surface area contributed by atoms with Crippen molar-refractivity contribution in [3.05, 3.63) is 48.6 Å². The molecule has 0 saturated heterocycles. The van der Waals surface area contributed by atoms with Crippen molar-refractivity contribution in [3.63, 3.8) is 0 Å². The van der Waals surface area contributed by atoms with Gasteiger partial charge in [0.2, 0.25) is 0 Å². The van der Waals surface area contributed by atoms with Crippen LogP contribution >= 0.6 is 0 Å². The van der Waals surface area contributed by atoms with Crippen molar-refractivity contribution >= 4 is 39.5 Å². The predicted octanol–water partition coefficient (Wildman–Crippen LogP) is 2.06. The number of benzene rings is 1. The normalized spacial score (nSPS) is 8.00. The van der Waals surface area contributed by atoms with Crippen LogP contribution in [-0.4, -0.2) is 27.3 Å². The molecule has 0 aliphatic heterocycles. The number of hydrogen-bond donors (Lipinski definition) is 0. The van der Waals surface area contributed by atoms with Crippen LogP contribution in [-0.2, 0) is 0 Å². The Morgan fingerprint density at radius 2 is 1.09 bits per heavy atom. The Bertz CT molecular complexity index is 207. The molecule has 1 aromatic rings. The molecule has 0 spiro atoms. The van der Waals surface area contributed by atoms with Crippen molar-refractivity contribution in [3.8, 4) is 0 Å². The molecule has 0 unspecified atom stereocenters. The molecule has 0 atom stereocenters. The zero-order chi connectivity index (χ0) is 7.40. The summed E-state index contributed by atoms with van der Waals surface area (Å²) in [7, 11) is 0. The minimum absolute atomic E-state index is 0. The van der Waals surface area contributed by atoms with Gasteiger partial charge < -0.3 is 0 Å². The Labute approximate surface area is 87.8 Å². The SMILES string of the molecule is C=Cc1ccc(C=C)cc1.[PbH2]. The van der Waals surface area contributed by atoms with Gasteiger partial charge in [-0.05, 0) is 11.1 Å². The van der Waals surface area contributed by atoms with Gasteiger partial charge in [-0.25, -0.2) is 0 Å². The molecule has 0 N–H and O–H groups in total. The molecule has 0 nitrogen and oxygen atoms in total. The maximum absolute atomic E-state index is 3.66. The van der Waals surface area contributed by atoms with Gasteiger partial charge in [0.1, 0.15) is 0 Å². The molecule has 1 rings (SSSR count). The van der Waals surface area contributed by atoms with Gasteiger partial charge in [0.25, 0.3) is 0 Å². The first kappa shape index (κ1) is 10.6. The van der Waals surface area contributed by atoms with Crippen molar-refractivity contribution in [2.24, 2.45) is 0 Å². The molecule has 0 saturated carbocycles. The van der Waals surface area contributed by atoms with Gasteiger partial charge in [-0.15, -0.1) is 0 Å². The molecule has 56 valence electrons. The van der Waals surface area contributed by atoms with Crippen LogP contribution in [0.2, 0.25) is 0 Å². The average Bonchev–Trinajstić information content (AvgIpc) is 2.05. The monoisotopic (exact) mass is 340 g/mol. The first-order valence-electron chi connectivity index (χ1n) is 3.22. The summed E-state index contributed by atoms with van der Waals surface area (Å²) in [5.74, 6) is 0. The third kappa shape index (κ3) is 3.01. The summed E-state index contributed by atoms with van der Waals surface area (Å²) in [5, 5.41) is 0. The minimum atomic E-state index is 0. The first-order chi connectivity index (χ1) is 4.86. The van der Waals surface area contributed by atoms with E-state index in [0.717, 1.165) is 11.1 Å². The Morgan fingerprint density at radius 1 is 0.818 bits per heavy atom. The van der Waals surface area contributed by atoms with Crippen molar-refractivity contribution < 1.29 is 0 Å². The van der Waals surface area contributed by atoms with E-state index in [9.17, 15) is 0 Å². The van der Waals surface area contributed by atoms with Crippen LogP contribution in [0.25, 0.3) is 12.2 Å². The fourth-order valence-electron chi connectivity index (χ4n) is 0.768. The van der Waals surface area contributed by atoms with E-state index in [1.54, 1.807) is 0 Å². The van der Waals surface area contributed by atoms with E-state index in [2.05, 4.69) is 13.2 Å². The molecule has 0 bridgehead atoms. The van der Waals surface area contributed by atoms with Gasteiger partial charge in [0.05, 0.1) is 0 Å². The molecular formula is C10H12Pb. The third-order valence-electron chi connectivity index (χ3n) is 1.41. The van der Waals surface area contributed by atoms with Gasteiger partial charge >= 0.3 is 27.3 Å². The van der Waals surface area contributed by atoms with E-state index in [1.165, 1.54) is 0 Å². The van der Waals surface area contributed by atoms with E-state index in [1.807, 2.05) is 36.4 Å². The quantitative estimate of drug-likeness (QED) is 0.724. The molecule has 11 heavy (non-hydrogen) atoms. The Kier molecular flexibility index (Phi) is 5.11. The second kappa shape index (κ2) is 5.30. The Hall–Kier alpha value is -0.378. The van der Waals surface area contributed by atoms with E-state index in [4.69, 9.17) is 0 Å². The average molecular weight is 339 g/mol. The van der Waals surface area contributed by atoms with Gasteiger partial charge in [-0.3, -0.25) is 0 Å². The topological polar surface area (TPSA) is 0 Å². The van der Waals surface area contributed by atoms with Crippen LogP contribution < -0.4 is 0 Å². The zero-order valence-electron chi connectivity index (χ0n) is 6.59. The summed E-state index contributed by atoms with van der Waals surface area (Å²) in [4.78, 5) is 0. The second-order valence-corrected chi connectivity index (χ2v) is 2.07. The molecule has 2 radical (unpaired) electrons. The van der Waals surface area contributed by atoms with Gasteiger partial charge in [0.15, 0.2) is 0 Å². The van der Waals surface area contributed by atoms with Crippen LogP contribution in [0.15, 0.2) is 37.4 Å². The standard InChI is InChI=1S/C10H10.Pb.2H/c1-3-9-5-7-10(4-2)8-6-9;;;/h3-8H,1-2H2;;;. The summed E-state index contributed by atoms with van der Waals surface area (Å²) in [5.41, 5.74) is 2.29. The third-order valence-corrected chi connectivity index (χ3v) is 1.41. The first-order valence-corrected chi connectivity index (χ1v) is 3.22. The predicted molar refractivity (Wildman–Crippen MR) is 55.2 cm³/mol. The van der Waals surface area contributed by atoms with Gasteiger partial charge in [-0.1, -0.05) is 49.6 Å². The summed E-state index contributed by atoms with van der Waals surface area (Å²) < 4.78 is 0. The molecule has 0 aliphatic rings. The van der Waals surface area contributed by atoms with Crippen molar-refractivity contribution in [2.75, 3.05) is 0 Å². The summed E-state index contributed by atoms with van der Waals surface area (Å²) >= 11 is 0. The number of rotatable bonds is 2. The summed E-state index contributed by atoms with van der Waals surface area (Å²) in [6.07, 6.45) is 3.65. The Morgan fingerprint density at radius 3 is 1.27 bits per heavy atom. The van der Waals surface area contributed by atoms with Gasteiger partial charge in [-0.2, -0.15) is 0 Å². The molecule has 1 heteroatoms. The molecule has 0 aliphatic carbocycles. The Balaban J connectivity index is 0.000001000. The van der Waals surface area contributed by atoms with E-state index in [-0.39, 0.29) is 27.3 Å². The molecule has 0 heterocycles. The molecule has 0 amide bonds. The maximum atomic E-state index is 3.66. The summed E-state index contributed by atoms with van der Waals surface area (Å²) in [6.45, 7) is 7.32. The molecule has 1 aromatic carbocycles. The van der Waals surface area contributed by atoms with Crippen LogP contribution in [0, 0.1) is 0 Å². The van der Waals surface area contributed by atoms with Gasteiger partial charge in [0, 0.05) is 0 Å². The van der Waals surface area contributed by atoms with Crippen molar-refractivity contribution in [1.29, 1.82) is 0 Å². The molecule has 0 aromatic heterocycles.